The van der Waals surface area contributed by atoms with Crippen molar-refractivity contribution in [2.45, 2.75) is 44.2 Å². The minimum absolute atomic E-state index is 0.0533. The summed E-state index contributed by atoms with van der Waals surface area (Å²) in [6.07, 6.45) is 5.59. The van der Waals surface area contributed by atoms with Crippen LogP contribution in [0.25, 0.3) is 16.6 Å². The van der Waals surface area contributed by atoms with Gasteiger partial charge in [0.05, 0.1) is 22.4 Å². The van der Waals surface area contributed by atoms with Gasteiger partial charge in [-0.3, -0.25) is 4.90 Å². The highest BCUT2D eigenvalue weighted by atomic mass is 32.2. The average Bonchev–Trinajstić information content (AvgIpc) is 3.48. The number of fused-ring (bicyclic) bond motifs is 1. The topological polar surface area (TPSA) is 71.3 Å². The van der Waals surface area contributed by atoms with Gasteiger partial charge in [-0.1, -0.05) is 6.42 Å². The van der Waals surface area contributed by atoms with Crippen LogP contribution in [-0.4, -0.2) is 58.6 Å². The number of sulfonamides is 1. The predicted octanol–water partition coefficient (Wildman–Crippen LogP) is 5.09. The smallest absolute Gasteiger partial charge is 0.261 e. The molecule has 7 nitrogen and oxygen atoms in total. The van der Waals surface area contributed by atoms with E-state index in [4.69, 9.17) is 0 Å². The molecular formula is C27H30FN5O2S2. The van der Waals surface area contributed by atoms with Crippen molar-refractivity contribution < 1.29 is 12.8 Å². The van der Waals surface area contributed by atoms with Crippen molar-refractivity contribution >= 4 is 32.3 Å². The Bertz CT molecular complexity index is 1540. The van der Waals surface area contributed by atoms with Crippen molar-refractivity contribution in [2.24, 2.45) is 5.92 Å². The van der Waals surface area contributed by atoms with Gasteiger partial charge in [0.15, 0.2) is 5.03 Å². The first-order valence-electron chi connectivity index (χ1n) is 12.7. The van der Waals surface area contributed by atoms with E-state index in [-0.39, 0.29) is 16.9 Å². The zero-order valence-electron chi connectivity index (χ0n) is 21.0. The second-order valence-electron chi connectivity index (χ2n) is 10.2. The minimum atomic E-state index is -3.66. The molecule has 1 unspecified atom stereocenters. The van der Waals surface area contributed by atoms with E-state index < -0.39 is 10.0 Å². The van der Waals surface area contributed by atoms with Crippen molar-refractivity contribution in [3.8, 4) is 5.69 Å². The van der Waals surface area contributed by atoms with E-state index in [1.54, 1.807) is 21.8 Å². The third-order valence-electron chi connectivity index (χ3n) is 7.76. The normalized spacial score (nSPS) is 19.9. The molecule has 37 heavy (non-hydrogen) atoms. The zero-order chi connectivity index (χ0) is 25.7. The summed E-state index contributed by atoms with van der Waals surface area (Å²) in [5.41, 5.74) is 3.95. The Kier molecular flexibility index (Phi) is 6.38. The Balaban J connectivity index is 1.37. The van der Waals surface area contributed by atoms with E-state index in [1.165, 1.54) is 42.7 Å². The number of piperazine rings is 1. The summed E-state index contributed by atoms with van der Waals surface area (Å²) in [6.45, 7) is 6.44. The third kappa shape index (κ3) is 4.60. The zero-order valence-corrected chi connectivity index (χ0v) is 22.6. The molecular weight excluding hydrogens is 509 g/mol. The van der Waals surface area contributed by atoms with Crippen LogP contribution in [0.1, 0.15) is 41.4 Å². The van der Waals surface area contributed by atoms with Gasteiger partial charge in [-0.25, -0.2) is 22.5 Å². The first-order chi connectivity index (χ1) is 17.8. The van der Waals surface area contributed by atoms with E-state index >= 15 is 0 Å². The lowest BCUT2D eigenvalue weighted by molar-refractivity contribution is 0.0806. The van der Waals surface area contributed by atoms with Gasteiger partial charge in [0.2, 0.25) is 0 Å². The maximum absolute atomic E-state index is 13.5. The number of hydrogen-bond acceptors (Lipinski definition) is 6. The molecule has 1 saturated heterocycles. The second kappa shape index (κ2) is 9.58. The quantitative estimate of drug-likeness (QED) is 0.342. The number of rotatable bonds is 6. The highest BCUT2D eigenvalue weighted by Crippen LogP contribution is 2.36. The van der Waals surface area contributed by atoms with Crippen molar-refractivity contribution in [1.82, 2.24) is 24.0 Å². The molecule has 1 atom stereocenters. The van der Waals surface area contributed by atoms with Crippen molar-refractivity contribution in [1.29, 1.82) is 0 Å². The van der Waals surface area contributed by atoms with Crippen molar-refractivity contribution in [3.05, 3.63) is 69.9 Å². The summed E-state index contributed by atoms with van der Waals surface area (Å²) >= 11 is 1.36. The molecule has 0 bridgehead atoms. The van der Waals surface area contributed by atoms with E-state index in [0.717, 1.165) is 39.3 Å². The maximum atomic E-state index is 13.5. The van der Waals surface area contributed by atoms with Gasteiger partial charge in [0.1, 0.15) is 5.82 Å². The summed E-state index contributed by atoms with van der Waals surface area (Å²) in [5, 5.41) is 8.09. The summed E-state index contributed by atoms with van der Waals surface area (Å²) < 4.78 is 43.8. The first kappa shape index (κ1) is 24.7. The first-order valence-corrected chi connectivity index (χ1v) is 15.0. The lowest BCUT2D eigenvalue weighted by atomic mass is 9.84. The molecule has 0 amide bonds. The van der Waals surface area contributed by atoms with Crippen LogP contribution < -0.4 is 0 Å². The lowest BCUT2D eigenvalue weighted by Gasteiger charge is -2.44. The van der Waals surface area contributed by atoms with Gasteiger partial charge in [-0.2, -0.15) is 9.40 Å². The standard InChI is InChI=1S/C27H30FN5O2S2/c1-18-12-25-21(14-29-33(25)23-8-6-22(28)7-9-23)13-24(18)26-16-32(11-10-31(26)15-20-4-3-5-20)37(34,35)27-17-36-19(2)30-27/h6-9,12-14,17,20,26H,3-5,10-11,15-16H2,1-2H3. The number of thiazole rings is 1. The van der Waals surface area contributed by atoms with Crippen LogP contribution in [0, 0.1) is 25.6 Å². The number of hydrogen-bond donors (Lipinski definition) is 0. The van der Waals surface area contributed by atoms with Crippen LogP contribution in [0.2, 0.25) is 0 Å². The Labute approximate surface area is 220 Å². The number of halogens is 1. The molecule has 2 fully saturated rings. The average molecular weight is 540 g/mol. The Morgan fingerprint density at radius 1 is 1.11 bits per heavy atom. The number of aryl methyl sites for hydroxylation is 2. The SMILES string of the molecule is Cc1nc(S(=O)(=O)N2CCN(CC3CCC3)C(c3cc4cnn(-c5ccc(F)cc5)c4cc3C)C2)cs1. The molecule has 1 saturated carbocycles. The fourth-order valence-corrected chi connectivity index (χ4v) is 7.81. The van der Waals surface area contributed by atoms with E-state index in [0.29, 0.717) is 25.6 Å². The molecule has 1 aliphatic carbocycles. The predicted molar refractivity (Wildman–Crippen MR) is 143 cm³/mol. The van der Waals surface area contributed by atoms with Gasteiger partial charge < -0.3 is 0 Å². The highest BCUT2D eigenvalue weighted by molar-refractivity contribution is 7.89. The molecule has 2 aromatic carbocycles. The second-order valence-corrected chi connectivity index (χ2v) is 13.1. The molecule has 2 aliphatic rings. The van der Waals surface area contributed by atoms with E-state index in [9.17, 15) is 12.8 Å². The molecule has 4 aromatic rings. The Hall–Kier alpha value is -2.66. The third-order valence-corrected chi connectivity index (χ3v) is 10.4. The van der Waals surface area contributed by atoms with Gasteiger partial charge in [-0.15, -0.1) is 11.3 Å². The lowest BCUT2D eigenvalue weighted by Crippen LogP contribution is -2.52. The van der Waals surface area contributed by atoms with Crippen LogP contribution in [0.3, 0.4) is 0 Å². The molecule has 0 radical (unpaired) electrons. The number of nitrogens with zero attached hydrogens (tertiary/aromatic N) is 5. The van der Waals surface area contributed by atoms with Gasteiger partial charge >= 0.3 is 0 Å². The molecule has 10 heteroatoms. The Morgan fingerprint density at radius 2 is 1.89 bits per heavy atom. The number of aromatic nitrogens is 3. The van der Waals surface area contributed by atoms with Gasteiger partial charge in [0, 0.05) is 43.0 Å². The molecule has 1 aliphatic heterocycles. The Morgan fingerprint density at radius 3 is 2.57 bits per heavy atom. The highest BCUT2D eigenvalue weighted by Gasteiger charge is 2.38. The summed E-state index contributed by atoms with van der Waals surface area (Å²) in [4.78, 5) is 6.75. The van der Waals surface area contributed by atoms with E-state index in [1.807, 2.05) is 17.8 Å². The molecule has 2 aromatic heterocycles. The summed E-state index contributed by atoms with van der Waals surface area (Å²) in [5.74, 6) is 0.395. The maximum Gasteiger partial charge on any atom is 0.261 e. The molecule has 6 rings (SSSR count). The molecule has 3 heterocycles. The largest absolute Gasteiger partial charge is 0.293 e. The summed E-state index contributed by atoms with van der Waals surface area (Å²) in [6, 6.07) is 10.5. The van der Waals surface area contributed by atoms with Crippen LogP contribution in [0.4, 0.5) is 4.39 Å². The fraction of sp³-hybridized carbons (Fsp3) is 0.407. The molecule has 0 N–H and O–H groups in total. The van der Waals surface area contributed by atoms with Crippen LogP contribution in [0.5, 0.6) is 0 Å². The van der Waals surface area contributed by atoms with Gasteiger partial charge in [-0.05, 0) is 80.1 Å². The molecule has 0 spiro atoms. The van der Waals surface area contributed by atoms with Crippen LogP contribution in [-0.2, 0) is 10.0 Å². The van der Waals surface area contributed by atoms with Crippen molar-refractivity contribution in [3.63, 3.8) is 0 Å². The van der Waals surface area contributed by atoms with Crippen LogP contribution >= 0.6 is 11.3 Å². The summed E-state index contributed by atoms with van der Waals surface area (Å²) in [7, 11) is -3.66. The number of benzene rings is 2. The monoisotopic (exact) mass is 539 g/mol. The van der Waals surface area contributed by atoms with Gasteiger partial charge in [0.25, 0.3) is 10.0 Å². The fourth-order valence-electron chi connectivity index (χ4n) is 5.47. The van der Waals surface area contributed by atoms with E-state index in [2.05, 4.69) is 34.0 Å². The van der Waals surface area contributed by atoms with Crippen LogP contribution in [0.15, 0.2) is 53.0 Å². The van der Waals surface area contributed by atoms with Crippen molar-refractivity contribution in [2.75, 3.05) is 26.2 Å². The molecule has 194 valence electrons. The minimum Gasteiger partial charge on any atom is -0.293 e.